The average Bonchev–Trinajstić information content (AvgIpc) is 3.38. The number of halogens is 2. The van der Waals surface area contributed by atoms with Gasteiger partial charge >= 0.3 is 5.97 Å². The molecule has 3 aliphatic carbocycles. The minimum Gasteiger partial charge on any atom is -0.490 e. The number of amides is 1. The van der Waals surface area contributed by atoms with Gasteiger partial charge in [-0.1, -0.05) is 57.7 Å². The number of rotatable bonds is 8. The summed E-state index contributed by atoms with van der Waals surface area (Å²) in [6, 6.07) is 10.3. The van der Waals surface area contributed by atoms with Crippen molar-refractivity contribution >= 4 is 11.9 Å². The van der Waals surface area contributed by atoms with E-state index in [4.69, 9.17) is 4.74 Å². The average molecular weight is 610 g/mol. The predicted molar refractivity (Wildman–Crippen MR) is 169 cm³/mol. The summed E-state index contributed by atoms with van der Waals surface area (Å²) >= 11 is 0. The van der Waals surface area contributed by atoms with Crippen molar-refractivity contribution in [2.75, 3.05) is 0 Å². The van der Waals surface area contributed by atoms with Crippen LogP contribution in [0.1, 0.15) is 128 Å². The zero-order valence-corrected chi connectivity index (χ0v) is 26.8. The number of aliphatic carboxylic acids is 1. The molecule has 3 aliphatic rings. The molecule has 3 saturated carbocycles. The highest BCUT2D eigenvalue weighted by atomic mass is 19.1. The first-order valence-corrected chi connectivity index (χ1v) is 16.6. The maximum absolute atomic E-state index is 16.3. The van der Waals surface area contributed by atoms with Crippen molar-refractivity contribution in [3.63, 3.8) is 0 Å². The van der Waals surface area contributed by atoms with Gasteiger partial charge < -0.3 is 15.2 Å². The Morgan fingerprint density at radius 1 is 0.955 bits per heavy atom. The van der Waals surface area contributed by atoms with Gasteiger partial charge in [0.05, 0.1) is 5.41 Å². The van der Waals surface area contributed by atoms with Gasteiger partial charge in [-0.2, -0.15) is 0 Å². The fourth-order valence-electron chi connectivity index (χ4n) is 7.40. The van der Waals surface area contributed by atoms with Gasteiger partial charge in [0, 0.05) is 18.0 Å². The molecule has 2 aromatic carbocycles. The van der Waals surface area contributed by atoms with Gasteiger partial charge in [0.2, 0.25) is 0 Å². The first-order valence-electron chi connectivity index (χ1n) is 16.6. The number of ether oxygens (including phenoxy) is 1. The van der Waals surface area contributed by atoms with E-state index in [0.717, 1.165) is 56.9 Å². The van der Waals surface area contributed by atoms with Crippen molar-refractivity contribution in [2.45, 2.75) is 140 Å². The maximum atomic E-state index is 16.3. The molecule has 1 amide bonds. The minimum absolute atomic E-state index is 0.122. The van der Waals surface area contributed by atoms with Gasteiger partial charge in [-0.25, -0.2) is 8.78 Å². The largest absolute Gasteiger partial charge is 0.490 e. The Labute approximate surface area is 261 Å². The number of carboxylic acids is 1. The van der Waals surface area contributed by atoms with E-state index in [-0.39, 0.29) is 42.1 Å². The minimum atomic E-state index is -1.87. The van der Waals surface area contributed by atoms with Crippen LogP contribution in [0.15, 0.2) is 36.4 Å². The lowest BCUT2D eigenvalue weighted by Gasteiger charge is -2.33. The molecule has 0 saturated heterocycles. The van der Waals surface area contributed by atoms with Crippen molar-refractivity contribution in [3.8, 4) is 16.9 Å². The summed E-state index contributed by atoms with van der Waals surface area (Å²) < 4.78 is 38.1. The number of alkyl halides is 1. The Morgan fingerprint density at radius 3 is 2.36 bits per heavy atom. The topological polar surface area (TPSA) is 75.6 Å². The van der Waals surface area contributed by atoms with Crippen LogP contribution in [-0.4, -0.2) is 34.8 Å². The third-order valence-corrected chi connectivity index (χ3v) is 10.4. The van der Waals surface area contributed by atoms with Crippen LogP contribution in [0.2, 0.25) is 0 Å². The Balaban J connectivity index is 1.37. The van der Waals surface area contributed by atoms with Gasteiger partial charge in [0.1, 0.15) is 17.7 Å². The molecule has 0 spiro atoms. The van der Waals surface area contributed by atoms with Crippen LogP contribution >= 0.6 is 0 Å². The lowest BCUT2D eigenvalue weighted by molar-refractivity contribution is -0.142. The molecule has 5 rings (SSSR count). The summed E-state index contributed by atoms with van der Waals surface area (Å²) in [5.41, 5.74) is -0.561. The highest BCUT2D eigenvalue weighted by Gasteiger charge is 2.44. The zero-order valence-electron chi connectivity index (χ0n) is 26.8. The molecule has 5 nitrogen and oxygen atoms in total. The first-order chi connectivity index (χ1) is 20.8. The lowest BCUT2D eigenvalue weighted by Crippen LogP contribution is -2.49. The summed E-state index contributed by atoms with van der Waals surface area (Å²) in [5.74, 6) is -1.00. The van der Waals surface area contributed by atoms with Crippen molar-refractivity contribution in [3.05, 3.63) is 53.3 Å². The summed E-state index contributed by atoms with van der Waals surface area (Å²) in [5, 5.41) is 13.0. The Bertz CT molecular complexity index is 1370. The maximum Gasteiger partial charge on any atom is 0.313 e. The Hall–Kier alpha value is -2.96. The monoisotopic (exact) mass is 609 g/mol. The third kappa shape index (κ3) is 6.97. The fraction of sp³-hybridized carbons (Fsp3) is 0.622. The van der Waals surface area contributed by atoms with E-state index in [1.807, 2.05) is 12.1 Å². The van der Waals surface area contributed by atoms with E-state index in [0.29, 0.717) is 41.7 Å². The molecule has 1 unspecified atom stereocenters. The molecular weight excluding hydrogens is 560 g/mol. The molecule has 0 radical (unpaired) electrons. The van der Waals surface area contributed by atoms with Gasteiger partial charge in [0.25, 0.3) is 5.91 Å². The highest BCUT2D eigenvalue weighted by Crippen LogP contribution is 2.46. The number of carbonyl (C=O) groups is 2. The number of hydrogen-bond acceptors (Lipinski definition) is 3. The summed E-state index contributed by atoms with van der Waals surface area (Å²) in [4.78, 5) is 25.5. The second kappa shape index (κ2) is 12.8. The van der Waals surface area contributed by atoms with Gasteiger partial charge in [-0.3, -0.25) is 9.59 Å². The van der Waals surface area contributed by atoms with Gasteiger partial charge in [-0.05, 0) is 111 Å². The van der Waals surface area contributed by atoms with E-state index in [1.54, 1.807) is 32.0 Å². The molecule has 2 N–H and O–H groups in total. The van der Waals surface area contributed by atoms with Crippen molar-refractivity contribution in [1.82, 2.24) is 5.32 Å². The molecule has 0 heterocycles. The van der Waals surface area contributed by atoms with E-state index in [1.165, 1.54) is 6.07 Å². The number of benzene rings is 2. The summed E-state index contributed by atoms with van der Waals surface area (Å²) in [6.45, 7) is 7.45. The zero-order chi connectivity index (χ0) is 31.7. The standard InChI is InChI=1S/C37H49F2NO4/c1-35(2)19-7-5-6-8-20-37(39,23-35)33(41)40-26-16-17-27(22-26)44-31-18-15-25(36(3,4)34(42)43)21-29(31)28-13-10-14-30(38)32(28)24-11-9-12-24/h10,13-15,18,21,24,26-27H,5-9,11-12,16-17,19-20,22-23H2,1-4H3,(H,40,41)(H,42,43)/t26?,27-,37-/m1/s1. The normalized spacial score (nSPS) is 26.1. The molecular formula is C37H49F2NO4. The smallest absolute Gasteiger partial charge is 0.313 e. The van der Waals surface area contributed by atoms with E-state index in [9.17, 15) is 14.7 Å². The van der Waals surface area contributed by atoms with Crippen LogP contribution in [0.5, 0.6) is 5.75 Å². The second-order valence-corrected chi connectivity index (χ2v) is 14.9. The molecule has 7 heteroatoms. The predicted octanol–water partition coefficient (Wildman–Crippen LogP) is 9.02. The van der Waals surface area contributed by atoms with E-state index in [2.05, 4.69) is 19.2 Å². The lowest BCUT2D eigenvalue weighted by atomic mass is 9.76. The Kier molecular flexibility index (Phi) is 9.44. The van der Waals surface area contributed by atoms with Crippen molar-refractivity contribution < 1.29 is 28.2 Å². The fourth-order valence-corrected chi connectivity index (χ4v) is 7.40. The molecule has 0 bridgehead atoms. The molecule has 2 aromatic rings. The first kappa shape index (κ1) is 32.4. The van der Waals surface area contributed by atoms with Gasteiger partial charge in [0.15, 0.2) is 5.67 Å². The van der Waals surface area contributed by atoms with Gasteiger partial charge in [-0.15, -0.1) is 0 Å². The van der Waals surface area contributed by atoms with E-state index < -0.39 is 23.0 Å². The van der Waals surface area contributed by atoms with Crippen LogP contribution in [0, 0.1) is 11.2 Å². The molecule has 3 atom stereocenters. The van der Waals surface area contributed by atoms with Crippen LogP contribution in [0.3, 0.4) is 0 Å². The van der Waals surface area contributed by atoms with Crippen molar-refractivity contribution in [1.29, 1.82) is 0 Å². The van der Waals surface area contributed by atoms with Crippen LogP contribution in [0.25, 0.3) is 11.1 Å². The Morgan fingerprint density at radius 2 is 1.68 bits per heavy atom. The van der Waals surface area contributed by atoms with Crippen LogP contribution in [0.4, 0.5) is 8.78 Å². The molecule has 0 aliphatic heterocycles. The number of hydrogen-bond donors (Lipinski definition) is 2. The molecule has 3 fully saturated rings. The SMILES string of the molecule is CC1(C)CCCCCC[C@](F)(C(=O)NC2CC[C@@H](Oc3ccc(C(C)(C)C(=O)O)cc3-c3cccc(F)c3C3CCC3)C2)C1. The summed E-state index contributed by atoms with van der Waals surface area (Å²) in [7, 11) is 0. The van der Waals surface area contributed by atoms with Crippen LogP contribution in [-0.2, 0) is 15.0 Å². The molecule has 44 heavy (non-hydrogen) atoms. The quantitative estimate of drug-likeness (QED) is 0.313. The third-order valence-electron chi connectivity index (χ3n) is 10.4. The van der Waals surface area contributed by atoms with Crippen molar-refractivity contribution in [2.24, 2.45) is 5.41 Å². The second-order valence-electron chi connectivity index (χ2n) is 14.9. The molecule has 240 valence electrons. The highest BCUT2D eigenvalue weighted by molar-refractivity contribution is 5.85. The number of nitrogens with one attached hydrogen (secondary N) is 1. The summed E-state index contributed by atoms with van der Waals surface area (Å²) in [6.07, 6.45) is 9.83. The van der Waals surface area contributed by atoms with Crippen LogP contribution < -0.4 is 10.1 Å². The number of carbonyl (C=O) groups excluding carboxylic acids is 1. The number of carboxylic acid groups (broad SMARTS) is 1. The van der Waals surface area contributed by atoms with E-state index >= 15 is 8.78 Å². The molecule has 0 aromatic heterocycles.